The summed E-state index contributed by atoms with van der Waals surface area (Å²) < 4.78 is 6.24. The van der Waals surface area contributed by atoms with E-state index < -0.39 is 5.60 Å². The molecule has 0 fully saturated rings. The minimum Gasteiger partial charge on any atom is -0.371 e. The Morgan fingerprint density at radius 2 is 2.00 bits per heavy atom. The average Bonchev–Trinajstić information content (AvgIpc) is 2.31. The van der Waals surface area contributed by atoms with Gasteiger partial charge in [-0.3, -0.25) is 0 Å². The Balaban J connectivity index is 3.30. The second-order valence-electron chi connectivity index (χ2n) is 3.74. The molecule has 0 amide bonds. The molecule has 90 valence electrons. The molecule has 3 nitrogen and oxygen atoms in total. The van der Waals surface area contributed by atoms with Gasteiger partial charge in [-0.25, -0.2) is 9.97 Å². The van der Waals surface area contributed by atoms with Crippen LogP contribution in [0.4, 0.5) is 0 Å². The minimum absolute atomic E-state index is 0.443. The summed E-state index contributed by atoms with van der Waals surface area (Å²) in [5.41, 5.74) is 0.431. The predicted molar refractivity (Wildman–Crippen MR) is 68.8 cm³/mol. The van der Waals surface area contributed by atoms with Gasteiger partial charge >= 0.3 is 0 Å². The van der Waals surface area contributed by atoms with Gasteiger partial charge in [-0.1, -0.05) is 25.4 Å². The van der Waals surface area contributed by atoms with Crippen molar-refractivity contribution in [2.45, 2.75) is 39.2 Å². The molecule has 0 saturated carbocycles. The maximum Gasteiger partial charge on any atom is 0.161 e. The summed E-state index contributed by atoms with van der Waals surface area (Å²) >= 11 is 9.45. The third kappa shape index (κ3) is 2.55. The van der Waals surface area contributed by atoms with Crippen LogP contribution in [-0.2, 0) is 16.8 Å². The zero-order chi connectivity index (χ0) is 12.3. The molecule has 0 aromatic carbocycles. The Labute approximate surface area is 110 Å². The van der Waals surface area contributed by atoms with Gasteiger partial charge in [0.1, 0.15) is 10.8 Å². The number of rotatable bonds is 4. The molecule has 0 saturated heterocycles. The van der Waals surface area contributed by atoms with Crippen LogP contribution in [-0.4, -0.2) is 17.1 Å². The molecule has 1 unspecified atom stereocenters. The third-order valence-corrected chi connectivity index (χ3v) is 4.15. The molecule has 16 heavy (non-hydrogen) atoms. The van der Waals surface area contributed by atoms with E-state index in [9.17, 15) is 0 Å². The van der Waals surface area contributed by atoms with Crippen molar-refractivity contribution in [3.05, 3.63) is 21.1 Å². The predicted octanol–water partition coefficient (Wildman–Crippen LogP) is 3.73. The van der Waals surface area contributed by atoms with Gasteiger partial charge in [-0.15, -0.1) is 0 Å². The van der Waals surface area contributed by atoms with Gasteiger partial charge in [0.05, 0.1) is 10.2 Å². The summed E-state index contributed by atoms with van der Waals surface area (Å²) in [5, 5.41) is 0.443. The lowest BCUT2D eigenvalue weighted by Crippen LogP contribution is -2.27. The van der Waals surface area contributed by atoms with E-state index in [1.54, 1.807) is 7.11 Å². The van der Waals surface area contributed by atoms with Crippen molar-refractivity contribution in [1.82, 2.24) is 9.97 Å². The molecule has 1 heterocycles. The van der Waals surface area contributed by atoms with Crippen molar-refractivity contribution >= 4 is 27.5 Å². The van der Waals surface area contributed by atoms with E-state index in [-0.39, 0.29) is 0 Å². The third-order valence-electron chi connectivity index (χ3n) is 2.81. The van der Waals surface area contributed by atoms with Crippen molar-refractivity contribution in [2.75, 3.05) is 7.11 Å². The summed E-state index contributed by atoms with van der Waals surface area (Å²) in [7, 11) is 1.66. The van der Waals surface area contributed by atoms with Crippen LogP contribution in [0.15, 0.2) is 4.47 Å². The van der Waals surface area contributed by atoms with E-state index in [0.717, 1.165) is 23.0 Å². The van der Waals surface area contributed by atoms with Crippen LogP contribution in [0.5, 0.6) is 0 Å². The average molecular weight is 308 g/mol. The zero-order valence-electron chi connectivity index (χ0n) is 9.97. The second kappa shape index (κ2) is 5.43. The summed E-state index contributed by atoms with van der Waals surface area (Å²) in [6.07, 6.45) is 1.60. The molecule has 0 N–H and O–H groups in total. The van der Waals surface area contributed by atoms with Gasteiger partial charge in [-0.2, -0.15) is 0 Å². The van der Waals surface area contributed by atoms with Gasteiger partial charge in [0.2, 0.25) is 0 Å². The van der Waals surface area contributed by atoms with Gasteiger partial charge in [0, 0.05) is 7.11 Å². The molecule has 0 bridgehead atoms. The van der Waals surface area contributed by atoms with E-state index in [1.165, 1.54) is 0 Å². The van der Waals surface area contributed by atoms with Crippen molar-refractivity contribution in [2.24, 2.45) is 0 Å². The molecule has 0 radical (unpaired) electrons. The highest BCUT2D eigenvalue weighted by molar-refractivity contribution is 9.10. The van der Waals surface area contributed by atoms with Crippen LogP contribution in [0.2, 0.25) is 5.15 Å². The van der Waals surface area contributed by atoms with Crippen molar-refractivity contribution in [1.29, 1.82) is 0 Å². The minimum atomic E-state index is -0.478. The first-order valence-corrected chi connectivity index (χ1v) is 6.43. The summed E-state index contributed by atoms with van der Waals surface area (Å²) in [6, 6.07) is 0. The number of methoxy groups -OCH3 is 1. The van der Waals surface area contributed by atoms with E-state index in [2.05, 4.69) is 25.9 Å². The first-order chi connectivity index (χ1) is 7.48. The largest absolute Gasteiger partial charge is 0.371 e. The SMILES string of the molecule is CCc1nc(C(C)(CC)OC)nc(Cl)c1Br. The Morgan fingerprint density at radius 3 is 2.44 bits per heavy atom. The molecular weight excluding hydrogens is 291 g/mol. The number of hydrogen-bond donors (Lipinski definition) is 0. The van der Waals surface area contributed by atoms with Crippen LogP contribution in [0.3, 0.4) is 0 Å². The molecule has 5 heteroatoms. The molecule has 0 aliphatic rings. The number of hydrogen-bond acceptors (Lipinski definition) is 3. The van der Waals surface area contributed by atoms with Crippen molar-refractivity contribution in [3.8, 4) is 0 Å². The Morgan fingerprint density at radius 1 is 1.38 bits per heavy atom. The lowest BCUT2D eigenvalue weighted by Gasteiger charge is -2.25. The van der Waals surface area contributed by atoms with E-state index in [1.807, 2.05) is 20.8 Å². The highest BCUT2D eigenvalue weighted by Gasteiger charge is 2.28. The number of ether oxygens (including phenoxy) is 1. The lowest BCUT2D eigenvalue weighted by molar-refractivity contribution is -0.00917. The van der Waals surface area contributed by atoms with Gasteiger partial charge < -0.3 is 4.74 Å². The van der Waals surface area contributed by atoms with Crippen molar-refractivity contribution < 1.29 is 4.74 Å². The Kier molecular flexibility index (Phi) is 4.71. The Bertz CT molecular complexity index is 380. The molecular formula is C11H16BrClN2O. The highest BCUT2D eigenvalue weighted by atomic mass is 79.9. The maximum atomic E-state index is 6.06. The normalized spacial score (nSPS) is 14.9. The molecule has 0 spiro atoms. The van der Waals surface area contributed by atoms with Crippen LogP contribution in [0.25, 0.3) is 0 Å². The quantitative estimate of drug-likeness (QED) is 0.795. The fraction of sp³-hybridized carbons (Fsp3) is 0.636. The molecule has 1 aromatic heterocycles. The number of aryl methyl sites for hydroxylation is 1. The fourth-order valence-corrected chi connectivity index (χ4v) is 1.97. The monoisotopic (exact) mass is 306 g/mol. The summed E-state index contributed by atoms with van der Waals surface area (Å²) in [5.74, 6) is 0.641. The van der Waals surface area contributed by atoms with Crippen LogP contribution >= 0.6 is 27.5 Å². The van der Waals surface area contributed by atoms with Crippen LogP contribution in [0, 0.1) is 0 Å². The Hall–Kier alpha value is -0.190. The standard InChI is InChI=1S/C11H16BrClN2O/c1-5-7-8(12)9(13)15-10(14-7)11(3,6-2)16-4/h5-6H2,1-4H3. The highest BCUT2D eigenvalue weighted by Crippen LogP contribution is 2.30. The van der Waals surface area contributed by atoms with Crippen molar-refractivity contribution in [3.63, 3.8) is 0 Å². The molecule has 1 atom stereocenters. The summed E-state index contributed by atoms with van der Waals surface area (Å²) in [6.45, 7) is 6.03. The first-order valence-electron chi connectivity index (χ1n) is 5.26. The number of aromatic nitrogens is 2. The first kappa shape index (κ1) is 13.9. The topological polar surface area (TPSA) is 35.0 Å². The summed E-state index contributed by atoms with van der Waals surface area (Å²) in [4.78, 5) is 8.78. The van der Waals surface area contributed by atoms with E-state index in [0.29, 0.717) is 11.0 Å². The number of nitrogens with zero attached hydrogens (tertiary/aromatic N) is 2. The molecule has 1 aromatic rings. The number of halogens is 2. The van der Waals surface area contributed by atoms with Gasteiger partial charge in [0.25, 0.3) is 0 Å². The lowest BCUT2D eigenvalue weighted by atomic mass is 10.0. The van der Waals surface area contributed by atoms with Gasteiger partial charge in [0.15, 0.2) is 5.82 Å². The molecule has 1 rings (SSSR count). The van der Waals surface area contributed by atoms with Gasteiger partial charge in [-0.05, 0) is 35.7 Å². The molecule has 0 aliphatic heterocycles. The second-order valence-corrected chi connectivity index (χ2v) is 4.89. The maximum absolute atomic E-state index is 6.06. The zero-order valence-corrected chi connectivity index (χ0v) is 12.3. The van der Waals surface area contributed by atoms with E-state index in [4.69, 9.17) is 16.3 Å². The van der Waals surface area contributed by atoms with E-state index >= 15 is 0 Å². The van der Waals surface area contributed by atoms with Crippen LogP contribution in [0.1, 0.15) is 38.7 Å². The fourth-order valence-electron chi connectivity index (χ4n) is 1.33. The van der Waals surface area contributed by atoms with Crippen LogP contribution < -0.4 is 0 Å². The molecule has 0 aliphatic carbocycles. The smallest absolute Gasteiger partial charge is 0.161 e.